The number of nitrogens with one attached hydrogen (secondary N) is 1. The summed E-state index contributed by atoms with van der Waals surface area (Å²) in [5, 5.41) is 2.73. The molecule has 1 nitrogen and oxygen atoms in total. The van der Waals surface area contributed by atoms with Crippen molar-refractivity contribution in [2.24, 2.45) is 0 Å². The summed E-state index contributed by atoms with van der Waals surface area (Å²) < 4.78 is 37.5. The molecule has 0 saturated carbocycles. The lowest BCUT2D eigenvalue weighted by atomic mass is 10.0. The van der Waals surface area contributed by atoms with E-state index in [1.54, 1.807) is 18.2 Å². The maximum atomic E-state index is 12.5. The average Bonchev–Trinajstić information content (AvgIpc) is 2.15. The van der Waals surface area contributed by atoms with Crippen molar-refractivity contribution in [2.75, 3.05) is 11.9 Å². The molecular formula is C10H8F3N. The van der Waals surface area contributed by atoms with Gasteiger partial charge in [-0.1, -0.05) is 24.3 Å². The Labute approximate surface area is 79.2 Å². The third-order valence-electron chi connectivity index (χ3n) is 2.10. The van der Waals surface area contributed by atoms with Gasteiger partial charge in [-0.15, -0.1) is 0 Å². The van der Waals surface area contributed by atoms with Crippen molar-refractivity contribution in [2.45, 2.75) is 6.18 Å². The summed E-state index contributed by atoms with van der Waals surface area (Å²) in [6.45, 7) is 0.445. The van der Waals surface area contributed by atoms with E-state index in [2.05, 4.69) is 5.32 Å². The fourth-order valence-electron chi connectivity index (χ4n) is 1.49. The van der Waals surface area contributed by atoms with E-state index in [-0.39, 0.29) is 5.69 Å². The number of hydrogen-bond acceptors (Lipinski definition) is 1. The monoisotopic (exact) mass is 199 g/mol. The molecule has 0 amide bonds. The Kier molecular flexibility index (Phi) is 1.98. The Morgan fingerprint density at radius 2 is 2.00 bits per heavy atom. The van der Waals surface area contributed by atoms with E-state index in [1.807, 2.05) is 0 Å². The Bertz CT molecular complexity index is 379. The highest BCUT2D eigenvalue weighted by atomic mass is 19.4. The highest BCUT2D eigenvalue weighted by molar-refractivity contribution is 5.73. The Morgan fingerprint density at radius 3 is 2.71 bits per heavy atom. The largest absolute Gasteiger partial charge is 0.418 e. The Morgan fingerprint density at radius 1 is 1.21 bits per heavy atom. The molecule has 4 heteroatoms. The zero-order chi connectivity index (χ0) is 10.2. The quantitative estimate of drug-likeness (QED) is 0.676. The maximum absolute atomic E-state index is 12.5. The van der Waals surface area contributed by atoms with Crippen molar-refractivity contribution in [3.63, 3.8) is 0 Å². The van der Waals surface area contributed by atoms with Crippen LogP contribution in [-0.2, 0) is 6.18 Å². The van der Waals surface area contributed by atoms with Gasteiger partial charge in [-0.05, 0) is 11.6 Å². The number of hydrogen-bond donors (Lipinski definition) is 1. The topological polar surface area (TPSA) is 12.0 Å². The van der Waals surface area contributed by atoms with Gasteiger partial charge in [0, 0.05) is 6.54 Å². The van der Waals surface area contributed by atoms with E-state index in [4.69, 9.17) is 0 Å². The molecule has 1 aliphatic heterocycles. The molecule has 0 unspecified atom stereocenters. The van der Waals surface area contributed by atoms with Gasteiger partial charge in [0.25, 0.3) is 0 Å². The third-order valence-corrected chi connectivity index (χ3v) is 2.10. The van der Waals surface area contributed by atoms with Crippen LogP contribution in [0.15, 0.2) is 24.3 Å². The molecule has 0 aliphatic carbocycles. The smallest absolute Gasteiger partial charge is 0.381 e. The molecule has 0 aromatic heterocycles. The van der Waals surface area contributed by atoms with Gasteiger partial charge in [0.1, 0.15) is 0 Å². The molecule has 0 fully saturated rings. The summed E-state index contributed by atoms with van der Waals surface area (Å²) in [4.78, 5) is 0. The van der Waals surface area contributed by atoms with Gasteiger partial charge in [-0.3, -0.25) is 0 Å². The van der Waals surface area contributed by atoms with E-state index >= 15 is 0 Å². The molecule has 1 aromatic rings. The Balaban J connectivity index is 2.57. The van der Waals surface area contributed by atoms with Gasteiger partial charge >= 0.3 is 6.18 Å². The summed E-state index contributed by atoms with van der Waals surface area (Å²) in [5.74, 6) is 0. The molecule has 1 heterocycles. The van der Waals surface area contributed by atoms with Gasteiger partial charge in [0.15, 0.2) is 0 Å². The van der Waals surface area contributed by atoms with Gasteiger partial charge < -0.3 is 5.32 Å². The minimum absolute atomic E-state index is 0.183. The molecule has 0 bridgehead atoms. The summed E-state index contributed by atoms with van der Waals surface area (Å²) >= 11 is 0. The summed E-state index contributed by atoms with van der Waals surface area (Å²) in [7, 11) is 0. The van der Waals surface area contributed by atoms with Crippen molar-refractivity contribution in [3.05, 3.63) is 35.4 Å². The lowest BCUT2D eigenvalue weighted by Crippen LogP contribution is -2.13. The first-order chi connectivity index (χ1) is 6.59. The van der Waals surface area contributed by atoms with Gasteiger partial charge in [-0.25, -0.2) is 0 Å². The van der Waals surface area contributed by atoms with Crippen LogP contribution in [0.25, 0.3) is 6.08 Å². The zero-order valence-corrected chi connectivity index (χ0v) is 7.23. The molecular weight excluding hydrogens is 191 g/mol. The van der Waals surface area contributed by atoms with E-state index in [9.17, 15) is 13.2 Å². The molecule has 14 heavy (non-hydrogen) atoms. The number of rotatable bonds is 0. The first-order valence-electron chi connectivity index (χ1n) is 4.19. The molecule has 0 spiro atoms. The highest BCUT2D eigenvalue weighted by Crippen LogP contribution is 2.37. The van der Waals surface area contributed by atoms with Crippen molar-refractivity contribution >= 4 is 11.8 Å². The zero-order valence-electron chi connectivity index (χ0n) is 7.23. The van der Waals surface area contributed by atoms with Crippen LogP contribution in [0.1, 0.15) is 11.1 Å². The van der Waals surface area contributed by atoms with Crippen LogP contribution in [0, 0.1) is 0 Å². The SMILES string of the molecule is FC(F)(F)c1cccc2c1NCC=C2. The molecule has 2 rings (SSSR count). The fraction of sp³-hybridized carbons (Fsp3) is 0.200. The predicted molar refractivity (Wildman–Crippen MR) is 49.0 cm³/mol. The van der Waals surface area contributed by atoms with Crippen LogP contribution < -0.4 is 5.32 Å². The van der Waals surface area contributed by atoms with Crippen LogP contribution in [0.4, 0.5) is 18.9 Å². The normalized spacial score (nSPS) is 14.8. The number of alkyl halides is 3. The van der Waals surface area contributed by atoms with Crippen molar-refractivity contribution in [3.8, 4) is 0 Å². The number of fused-ring (bicyclic) bond motifs is 1. The minimum atomic E-state index is -4.29. The first-order valence-corrected chi connectivity index (χ1v) is 4.19. The molecule has 74 valence electrons. The van der Waals surface area contributed by atoms with Gasteiger partial charge in [0.2, 0.25) is 0 Å². The molecule has 1 N–H and O–H groups in total. The summed E-state index contributed by atoms with van der Waals surface area (Å²) in [5.41, 5.74) is 0.174. The third kappa shape index (κ3) is 1.47. The molecule has 1 aromatic carbocycles. The second kappa shape index (κ2) is 3.04. The molecule has 0 radical (unpaired) electrons. The van der Waals surface area contributed by atoms with Crippen molar-refractivity contribution in [1.82, 2.24) is 0 Å². The Hall–Kier alpha value is -1.45. The first kappa shape index (κ1) is 9.12. The fourth-order valence-corrected chi connectivity index (χ4v) is 1.49. The minimum Gasteiger partial charge on any atom is -0.381 e. The molecule has 1 aliphatic rings. The van der Waals surface area contributed by atoms with Crippen LogP contribution in [-0.4, -0.2) is 6.54 Å². The van der Waals surface area contributed by atoms with E-state index < -0.39 is 11.7 Å². The van der Waals surface area contributed by atoms with E-state index in [0.29, 0.717) is 12.1 Å². The lowest BCUT2D eigenvalue weighted by molar-refractivity contribution is -0.137. The number of halogens is 3. The van der Waals surface area contributed by atoms with Crippen LogP contribution >= 0.6 is 0 Å². The summed E-state index contributed by atoms with van der Waals surface area (Å²) in [6, 6.07) is 4.16. The van der Waals surface area contributed by atoms with Crippen molar-refractivity contribution in [1.29, 1.82) is 0 Å². The second-order valence-electron chi connectivity index (χ2n) is 3.05. The van der Waals surface area contributed by atoms with Crippen LogP contribution in [0.2, 0.25) is 0 Å². The van der Waals surface area contributed by atoms with E-state index in [1.165, 1.54) is 6.07 Å². The molecule has 0 atom stereocenters. The predicted octanol–water partition coefficient (Wildman–Crippen LogP) is 3.14. The maximum Gasteiger partial charge on any atom is 0.418 e. The van der Waals surface area contributed by atoms with Crippen molar-refractivity contribution < 1.29 is 13.2 Å². The standard InChI is InChI=1S/C10H8F3N/c11-10(12,13)8-5-1-3-7-4-2-6-14-9(7)8/h1-5,14H,6H2. The average molecular weight is 199 g/mol. The van der Waals surface area contributed by atoms with Crippen LogP contribution in [0.3, 0.4) is 0 Å². The summed E-state index contributed by atoms with van der Waals surface area (Å²) in [6.07, 6.45) is -0.799. The molecule has 0 saturated heterocycles. The number of benzene rings is 1. The van der Waals surface area contributed by atoms with Crippen LogP contribution in [0.5, 0.6) is 0 Å². The number of para-hydroxylation sites is 1. The highest BCUT2D eigenvalue weighted by Gasteiger charge is 2.34. The van der Waals surface area contributed by atoms with Gasteiger partial charge in [-0.2, -0.15) is 13.2 Å². The van der Waals surface area contributed by atoms with E-state index in [0.717, 1.165) is 6.07 Å². The second-order valence-corrected chi connectivity index (χ2v) is 3.05. The van der Waals surface area contributed by atoms with Gasteiger partial charge in [0.05, 0.1) is 11.3 Å². The lowest BCUT2D eigenvalue weighted by Gasteiger charge is -2.18. The number of anilines is 1.